The second-order valence-electron chi connectivity index (χ2n) is 6.47. The van der Waals surface area contributed by atoms with E-state index >= 15 is 0 Å². The van der Waals surface area contributed by atoms with Crippen LogP contribution in [0.2, 0.25) is 0 Å². The van der Waals surface area contributed by atoms with E-state index in [9.17, 15) is 13.2 Å². The molecule has 0 aliphatic heterocycles. The number of aromatic nitrogens is 3. The van der Waals surface area contributed by atoms with Gasteiger partial charge in [-0.1, -0.05) is 29.5 Å². The molecular formula is C20H17N5O3S2. The fourth-order valence-electron chi connectivity index (χ4n) is 2.80. The summed E-state index contributed by atoms with van der Waals surface area (Å²) in [5, 5.41) is 14.2. The molecule has 3 N–H and O–H groups in total. The Balaban J connectivity index is 1.51. The summed E-state index contributed by atoms with van der Waals surface area (Å²) < 4.78 is 26.0. The van der Waals surface area contributed by atoms with Crippen LogP contribution < -0.4 is 11.1 Å². The van der Waals surface area contributed by atoms with Gasteiger partial charge in [0.05, 0.1) is 22.5 Å². The number of carbonyl (C=O) groups excluding carboxylic acids is 1. The molecule has 0 saturated heterocycles. The van der Waals surface area contributed by atoms with Gasteiger partial charge in [0.15, 0.2) is 15.5 Å². The quantitative estimate of drug-likeness (QED) is 0.445. The number of anilines is 2. The molecule has 8 nitrogen and oxygen atoms in total. The number of hydrogen-bond acceptors (Lipinski definition) is 7. The van der Waals surface area contributed by atoms with Crippen LogP contribution in [0.5, 0.6) is 0 Å². The highest BCUT2D eigenvalue weighted by atomic mass is 32.2. The number of thiophene rings is 1. The van der Waals surface area contributed by atoms with Gasteiger partial charge in [0.25, 0.3) is 5.91 Å². The van der Waals surface area contributed by atoms with E-state index in [0.29, 0.717) is 11.4 Å². The summed E-state index contributed by atoms with van der Waals surface area (Å²) in [5.41, 5.74) is 8.75. The molecule has 0 spiro atoms. The Bertz CT molecular complexity index is 1280. The number of nitrogens with two attached hydrogens (primary N) is 1. The van der Waals surface area contributed by atoms with Crippen molar-refractivity contribution in [3.63, 3.8) is 0 Å². The number of carbonyl (C=O) groups is 1. The van der Waals surface area contributed by atoms with Crippen LogP contribution in [-0.2, 0) is 15.7 Å². The molecule has 0 saturated carbocycles. The summed E-state index contributed by atoms with van der Waals surface area (Å²) in [5.74, 6) is -0.958. The third kappa shape index (κ3) is 4.24. The van der Waals surface area contributed by atoms with Crippen molar-refractivity contribution in [1.29, 1.82) is 0 Å². The average molecular weight is 440 g/mol. The lowest BCUT2D eigenvalue weighted by molar-refractivity contribution is 0.102. The highest BCUT2D eigenvalue weighted by Gasteiger charge is 2.18. The third-order valence-electron chi connectivity index (χ3n) is 4.33. The van der Waals surface area contributed by atoms with E-state index < -0.39 is 21.6 Å². The number of benzene rings is 2. The minimum atomic E-state index is -3.61. The molecule has 0 aliphatic carbocycles. The van der Waals surface area contributed by atoms with E-state index in [2.05, 4.69) is 15.6 Å². The molecule has 2 aromatic heterocycles. The fourth-order valence-corrected chi connectivity index (χ4v) is 4.66. The molecule has 0 unspecified atom stereocenters. The molecule has 0 fully saturated rings. The minimum absolute atomic E-state index is 0.0152. The Hall–Kier alpha value is -3.50. The van der Waals surface area contributed by atoms with Gasteiger partial charge in [0, 0.05) is 0 Å². The molecule has 0 bridgehead atoms. The van der Waals surface area contributed by atoms with Crippen LogP contribution in [0.4, 0.5) is 11.4 Å². The molecule has 2 aromatic carbocycles. The van der Waals surface area contributed by atoms with Gasteiger partial charge >= 0.3 is 0 Å². The summed E-state index contributed by atoms with van der Waals surface area (Å²) >= 11 is 1.57. The number of nitrogens with one attached hydrogen (secondary N) is 1. The predicted molar refractivity (Wildman–Crippen MR) is 116 cm³/mol. The maximum absolute atomic E-state index is 12.6. The van der Waals surface area contributed by atoms with Crippen LogP contribution in [0.25, 0.3) is 11.1 Å². The van der Waals surface area contributed by atoms with Gasteiger partial charge in [0.1, 0.15) is 5.88 Å². The molecule has 10 heteroatoms. The minimum Gasteiger partial charge on any atom is -0.397 e. The van der Waals surface area contributed by atoms with E-state index in [4.69, 9.17) is 5.73 Å². The Kier molecular flexibility index (Phi) is 5.34. The molecule has 1 amide bonds. The van der Waals surface area contributed by atoms with Gasteiger partial charge in [-0.25, -0.2) is 13.1 Å². The molecule has 0 atom stereocenters. The lowest BCUT2D eigenvalue weighted by Crippen LogP contribution is -2.14. The summed E-state index contributed by atoms with van der Waals surface area (Å²) in [6.45, 7) is 0. The lowest BCUT2D eigenvalue weighted by Gasteiger charge is -2.09. The van der Waals surface area contributed by atoms with Gasteiger partial charge in [-0.3, -0.25) is 4.79 Å². The monoisotopic (exact) mass is 439 g/mol. The summed E-state index contributed by atoms with van der Waals surface area (Å²) in [6.07, 6.45) is 1.29. The fraction of sp³-hybridized carbons (Fsp3) is 0.0500. The van der Waals surface area contributed by atoms with Gasteiger partial charge in [-0.05, 0) is 52.2 Å². The average Bonchev–Trinajstić information content (AvgIpc) is 3.42. The Labute approximate surface area is 176 Å². The lowest BCUT2D eigenvalue weighted by atomic mass is 10.1. The second-order valence-corrected chi connectivity index (χ2v) is 9.21. The maximum Gasteiger partial charge on any atom is 0.277 e. The normalized spacial score (nSPS) is 11.3. The van der Waals surface area contributed by atoms with Crippen molar-refractivity contribution in [3.05, 3.63) is 77.2 Å². The Morgan fingerprint density at radius 1 is 1.10 bits per heavy atom. The molecule has 4 rings (SSSR count). The Morgan fingerprint density at radius 3 is 2.63 bits per heavy atom. The summed E-state index contributed by atoms with van der Waals surface area (Å²) in [6, 6.07) is 15.4. The zero-order chi connectivity index (χ0) is 21.1. The number of rotatable bonds is 6. The van der Waals surface area contributed by atoms with Crippen LogP contribution in [0.15, 0.2) is 76.4 Å². The zero-order valence-corrected chi connectivity index (χ0v) is 17.2. The maximum atomic E-state index is 12.6. The van der Waals surface area contributed by atoms with Crippen molar-refractivity contribution in [1.82, 2.24) is 15.0 Å². The van der Waals surface area contributed by atoms with Crippen LogP contribution in [0.1, 0.15) is 10.5 Å². The molecule has 0 radical (unpaired) electrons. The first kappa shape index (κ1) is 19.8. The standard InChI is InChI=1S/C20H17N5O3S2/c21-17-7-6-14(15-8-9-29-12-15)10-18(17)22-20(26)19-11-25(24-23-19)13-30(27,28)16-4-2-1-3-5-16/h1-12H,13,21H2,(H,22,26). The van der Waals surface area contributed by atoms with Crippen molar-refractivity contribution in [3.8, 4) is 11.1 Å². The molecule has 152 valence electrons. The summed E-state index contributed by atoms with van der Waals surface area (Å²) in [7, 11) is -3.61. The van der Waals surface area contributed by atoms with E-state index in [0.717, 1.165) is 15.8 Å². The van der Waals surface area contributed by atoms with Crippen molar-refractivity contribution >= 4 is 38.5 Å². The van der Waals surface area contributed by atoms with Gasteiger partial charge < -0.3 is 11.1 Å². The zero-order valence-electron chi connectivity index (χ0n) is 15.6. The van der Waals surface area contributed by atoms with Crippen molar-refractivity contribution < 1.29 is 13.2 Å². The SMILES string of the molecule is Nc1ccc(-c2ccsc2)cc1NC(=O)c1cn(CS(=O)(=O)c2ccccc2)nn1. The summed E-state index contributed by atoms with van der Waals surface area (Å²) in [4.78, 5) is 12.8. The number of nitrogen functional groups attached to an aromatic ring is 1. The van der Waals surface area contributed by atoms with E-state index in [1.807, 2.05) is 22.9 Å². The molecule has 4 aromatic rings. The van der Waals surface area contributed by atoms with E-state index in [1.165, 1.54) is 18.3 Å². The van der Waals surface area contributed by atoms with E-state index in [1.54, 1.807) is 41.7 Å². The van der Waals surface area contributed by atoms with Crippen LogP contribution in [0.3, 0.4) is 0 Å². The first-order chi connectivity index (χ1) is 14.4. The topological polar surface area (TPSA) is 120 Å². The smallest absolute Gasteiger partial charge is 0.277 e. The second kappa shape index (κ2) is 8.09. The van der Waals surface area contributed by atoms with Gasteiger partial charge in [-0.2, -0.15) is 11.3 Å². The number of amides is 1. The Morgan fingerprint density at radius 2 is 1.90 bits per heavy atom. The number of hydrogen-bond donors (Lipinski definition) is 2. The van der Waals surface area contributed by atoms with Crippen molar-refractivity contribution in [2.75, 3.05) is 11.1 Å². The molecule has 30 heavy (non-hydrogen) atoms. The predicted octanol–water partition coefficient (Wildman–Crippen LogP) is 3.27. The number of sulfone groups is 1. The highest BCUT2D eigenvalue weighted by Crippen LogP contribution is 2.28. The van der Waals surface area contributed by atoms with Gasteiger partial charge in [0.2, 0.25) is 0 Å². The number of nitrogens with zero attached hydrogens (tertiary/aromatic N) is 3. The van der Waals surface area contributed by atoms with Gasteiger partial charge in [-0.15, -0.1) is 5.10 Å². The first-order valence-corrected chi connectivity index (χ1v) is 11.4. The van der Waals surface area contributed by atoms with E-state index in [-0.39, 0.29) is 10.6 Å². The third-order valence-corrected chi connectivity index (χ3v) is 6.61. The van der Waals surface area contributed by atoms with Crippen LogP contribution in [0, 0.1) is 0 Å². The highest BCUT2D eigenvalue weighted by molar-refractivity contribution is 7.90. The molecule has 0 aliphatic rings. The van der Waals surface area contributed by atoms with Crippen molar-refractivity contribution in [2.24, 2.45) is 0 Å². The first-order valence-electron chi connectivity index (χ1n) is 8.84. The van der Waals surface area contributed by atoms with Crippen LogP contribution >= 0.6 is 11.3 Å². The molecular weight excluding hydrogens is 422 g/mol. The molecule has 2 heterocycles. The van der Waals surface area contributed by atoms with Crippen molar-refractivity contribution in [2.45, 2.75) is 10.8 Å². The largest absolute Gasteiger partial charge is 0.397 e. The van der Waals surface area contributed by atoms with Crippen LogP contribution in [-0.4, -0.2) is 29.3 Å².